The highest BCUT2D eigenvalue weighted by Gasteiger charge is 2.05. The highest BCUT2D eigenvalue weighted by Crippen LogP contribution is 2.26. The Balaban J connectivity index is 1.84. The summed E-state index contributed by atoms with van der Waals surface area (Å²) in [5.41, 5.74) is 2.68. The Bertz CT molecular complexity index is 766. The number of benzene rings is 2. The van der Waals surface area contributed by atoms with E-state index in [1.807, 2.05) is 42.5 Å². The molecule has 0 amide bonds. The van der Waals surface area contributed by atoms with E-state index in [1.54, 1.807) is 19.4 Å². The number of hydrogen-bond acceptors (Lipinski definition) is 4. The van der Waals surface area contributed by atoms with Crippen LogP contribution in [0.15, 0.2) is 54.7 Å². The Hall–Kier alpha value is -2.75. The smallest absolute Gasteiger partial charge is 0.124 e. The number of phenols is 1. The second-order valence-electron chi connectivity index (χ2n) is 4.73. The van der Waals surface area contributed by atoms with E-state index < -0.39 is 0 Å². The molecule has 0 saturated carbocycles. The van der Waals surface area contributed by atoms with Crippen molar-refractivity contribution in [1.29, 1.82) is 0 Å². The van der Waals surface area contributed by atoms with Crippen molar-refractivity contribution < 1.29 is 9.84 Å². The Morgan fingerprint density at radius 3 is 2.81 bits per heavy atom. The largest absolute Gasteiger partial charge is 0.507 e. The number of pyridine rings is 1. The number of ether oxygens (including phenoxy) is 1. The van der Waals surface area contributed by atoms with Crippen LogP contribution in [0.25, 0.3) is 10.9 Å². The quantitative estimate of drug-likeness (QED) is 0.767. The SMILES string of the molecule is COc1ccc(CNc2cccc3cccnc23)c(O)c1. The summed E-state index contributed by atoms with van der Waals surface area (Å²) < 4.78 is 5.08. The number of aromatic hydroxyl groups is 1. The predicted molar refractivity (Wildman–Crippen MR) is 83.7 cm³/mol. The molecule has 106 valence electrons. The summed E-state index contributed by atoms with van der Waals surface area (Å²) in [6.45, 7) is 0.519. The topological polar surface area (TPSA) is 54.4 Å². The van der Waals surface area contributed by atoms with Crippen LogP contribution in [0.4, 0.5) is 5.69 Å². The number of hydrogen-bond donors (Lipinski definition) is 2. The van der Waals surface area contributed by atoms with Crippen molar-refractivity contribution in [3.8, 4) is 11.5 Å². The maximum absolute atomic E-state index is 9.98. The number of para-hydroxylation sites is 1. The highest BCUT2D eigenvalue weighted by atomic mass is 16.5. The monoisotopic (exact) mass is 280 g/mol. The minimum absolute atomic E-state index is 0.218. The molecule has 3 rings (SSSR count). The third-order valence-corrected chi connectivity index (χ3v) is 3.39. The van der Waals surface area contributed by atoms with Crippen LogP contribution in [0.1, 0.15) is 5.56 Å². The number of rotatable bonds is 4. The van der Waals surface area contributed by atoms with E-state index in [1.165, 1.54) is 0 Å². The van der Waals surface area contributed by atoms with Crippen molar-refractivity contribution in [2.75, 3.05) is 12.4 Å². The number of nitrogens with one attached hydrogen (secondary N) is 1. The van der Waals surface area contributed by atoms with Gasteiger partial charge in [0, 0.05) is 29.8 Å². The molecule has 3 aromatic rings. The van der Waals surface area contributed by atoms with Crippen LogP contribution in [-0.2, 0) is 6.54 Å². The average molecular weight is 280 g/mol. The molecule has 4 nitrogen and oxygen atoms in total. The first-order valence-electron chi connectivity index (χ1n) is 6.71. The molecular weight excluding hydrogens is 264 g/mol. The van der Waals surface area contributed by atoms with Gasteiger partial charge >= 0.3 is 0 Å². The summed E-state index contributed by atoms with van der Waals surface area (Å²) >= 11 is 0. The van der Waals surface area contributed by atoms with Gasteiger partial charge < -0.3 is 15.2 Å². The summed E-state index contributed by atoms with van der Waals surface area (Å²) in [4.78, 5) is 4.40. The number of anilines is 1. The van der Waals surface area contributed by atoms with Crippen molar-refractivity contribution in [3.63, 3.8) is 0 Å². The molecule has 0 aliphatic rings. The van der Waals surface area contributed by atoms with Crippen LogP contribution in [-0.4, -0.2) is 17.2 Å². The van der Waals surface area contributed by atoms with Crippen molar-refractivity contribution in [2.45, 2.75) is 6.54 Å². The molecule has 21 heavy (non-hydrogen) atoms. The Morgan fingerprint density at radius 1 is 1.14 bits per heavy atom. The minimum Gasteiger partial charge on any atom is -0.507 e. The summed E-state index contributed by atoms with van der Waals surface area (Å²) in [6.07, 6.45) is 1.78. The van der Waals surface area contributed by atoms with Crippen LogP contribution in [0.3, 0.4) is 0 Å². The Morgan fingerprint density at radius 2 is 2.00 bits per heavy atom. The highest BCUT2D eigenvalue weighted by molar-refractivity contribution is 5.90. The zero-order chi connectivity index (χ0) is 14.7. The van der Waals surface area contributed by atoms with E-state index in [9.17, 15) is 5.11 Å². The van der Waals surface area contributed by atoms with E-state index in [-0.39, 0.29) is 5.75 Å². The standard InChI is InChI=1S/C17H16N2O2/c1-21-14-8-7-13(16(20)10-14)11-19-15-6-2-4-12-5-3-9-18-17(12)15/h2-10,19-20H,11H2,1H3. The van der Waals surface area contributed by atoms with Gasteiger partial charge in [-0.15, -0.1) is 0 Å². The van der Waals surface area contributed by atoms with Gasteiger partial charge in [-0.25, -0.2) is 0 Å². The molecule has 0 fully saturated rings. The number of nitrogens with zero attached hydrogens (tertiary/aromatic N) is 1. The molecule has 2 aromatic carbocycles. The fourth-order valence-electron chi connectivity index (χ4n) is 2.26. The van der Waals surface area contributed by atoms with Crippen LogP contribution in [0.2, 0.25) is 0 Å². The molecule has 0 radical (unpaired) electrons. The summed E-state index contributed by atoms with van der Waals surface area (Å²) in [6, 6.07) is 15.2. The van der Waals surface area contributed by atoms with Crippen molar-refractivity contribution in [3.05, 3.63) is 60.3 Å². The van der Waals surface area contributed by atoms with Crippen LogP contribution in [0.5, 0.6) is 11.5 Å². The summed E-state index contributed by atoms with van der Waals surface area (Å²) in [5.74, 6) is 0.859. The normalized spacial score (nSPS) is 10.5. The molecule has 0 bridgehead atoms. The molecular formula is C17H16N2O2. The van der Waals surface area contributed by atoms with Gasteiger partial charge in [0.1, 0.15) is 11.5 Å². The first kappa shape index (κ1) is 13.2. The molecule has 4 heteroatoms. The van der Waals surface area contributed by atoms with E-state index in [0.29, 0.717) is 12.3 Å². The lowest BCUT2D eigenvalue weighted by atomic mass is 10.1. The number of methoxy groups -OCH3 is 1. The minimum atomic E-state index is 0.218. The fourth-order valence-corrected chi connectivity index (χ4v) is 2.26. The van der Waals surface area contributed by atoms with E-state index in [4.69, 9.17) is 4.74 Å². The first-order valence-corrected chi connectivity index (χ1v) is 6.71. The van der Waals surface area contributed by atoms with Crippen LogP contribution < -0.4 is 10.1 Å². The maximum Gasteiger partial charge on any atom is 0.124 e. The molecule has 0 atom stereocenters. The van der Waals surface area contributed by atoms with Gasteiger partial charge in [-0.3, -0.25) is 4.98 Å². The molecule has 0 aliphatic carbocycles. The molecule has 0 unspecified atom stereocenters. The lowest BCUT2D eigenvalue weighted by Gasteiger charge is -2.11. The van der Waals surface area contributed by atoms with Crippen LogP contribution >= 0.6 is 0 Å². The second-order valence-corrected chi connectivity index (χ2v) is 4.73. The van der Waals surface area contributed by atoms with Gasteiger partial charge in [-0.2, -0.15) is 0 Å². The predicted octanol–water partition coefficient (Wildman–Crippen LogP) is 3.56. The summed E-state index contributed by atoms with van der Waals surface area (Å²) in [5, 5.41) is 14.4. The van der Waals surface area contributed by atoms with E-state index >= 15 is 0 Å². The van der Waals surface area contributed by atoms with E-state index in [2.05, 4.69) is 10.3 Å². The molecule has 2 N–H and O–H groups in total. The zero-order valence-corrected chi connectivity index (χ0v) is 11.7. The number of aromatic nitrogens is 1. The molecule has 0 aliphatic heterocycles. The zero-order valence-electron chi connectivity index (χ0n) is 11.7. The third kappa shape index (κ3) is 2.74. The average Bonchev–Trinajstić information content (AvgIpc) is 2.53. The molecule has 0 saturated heterocycles. The van der Waals surface area contributed by atoms with E-state index in [0.717, 1.165) is 22.2 Å². The van der Waals surface area contributed by atoms with Crippen LogP contribution in [0, 0.1) is 0 Å². The Kier molecular flexibility index (Phi) is 3.60. The Labute approximate surface area is 123 Å². The van der Waals surface area contributed by atoms with Gasteiger partial charge in [0.15, 0.2) is 0 Å². The van der Waals surface area contributed by atoms with Crippen molar-refractivity contribution in [1.82, 2.24) is 4.98 Å². The van der Waals surface area contributed by atoms with Crippen molar-refractivity contribution in [2.24, 2.45) is 0 Å². The van der Waals surface area contributed by atoms with Gasteiger partial charge in [0.2, 0.25) is 0 Å². The third-order valence-electron chi connectivity index (χ3n) is 3.39. The lowest BCUT2D eigenvalue weighted by Crippen LogP contribution is -2.01. The number of phenolic OH excluding ortho intramolecular Hbond substituents is 1. The van der Waals surface area contributed by atoms with Gasteiger partial charge in [-0.1, -0.05) is 18.2 Å². The fraction of sp³-hybridized carbons (Fsp3) is 0.118. The van der Waals surface area contributed by atoms with Gasteiger partial charge in [0.25, 0.3) is 0 Å². The van der Waals surface area contributed by atoms with Gasteiger partial charge in [0.05, 0.1) is 18.3 Å². The summed E-state index contributed by atoms with van der Waals surface area (Å²) in [7, 11) is 1.58. The number of fused-ring (bicyclic) bond motifs is 1. The first-order chi connectivity index (χ1) is 10.3. The maximum atomic E-state index is 9.98. The van der Waals surface area contributed by atoms with Crippen molar-refractivity contribution >= 4 is 16.6 Å². The molecule has 0 spiro atoms. The molecule has 1 heterocycles. The molecule has 1 aromatic heterocycles. The van der Waals surface area contributed by atoms with Gasteiger partial charge in [-0.05, 0) is 24.3 Å². The lowest BCUT2D eigenvalue weighted by molar-refractivity contribution is 0.406. The second kappa shape index (κ2) is 5.71.